The van der Waals surface area contributed by atoms with E-state index >= 15 is 0 Å². The van der Waals surface area contributed by atoms with Gasteiger partial charge in [-0.15, -0.1) is 0 Å². The van der Waals surface area contributed by atoms with Crippen molar-refractivity contribution >= 4 is 35.0 Å². The van der Waals surface area contributed by atoms with Crippen molar-refractivity contribution < 1.29 is 23.4 Å². The van der Waals surface area contributed by atoms with Gasteiger partial charge in [-0.1, -0.05) is 11.6 Å². The molecule has 0 saturated heterocycles. The lowest BCUT2D eigenvalue weighted by molar-refractivity contribution is -0.0494. The smallest absolute Gasteiger partial charge is 0.387 e. The highest BCUT2D eigenvalue weighted by molar-refractivity contribution is 6.32. The number of hydrogen-bond acceptors (Lipinski definition) is 6. The number of carboxylic acids is 1. The fraction of sp³-hybridized carbons (Fsp3) is 0.154. The molecule has 0 aliphatic rings. The van der Waals surface area contributed by atoms with Crippen LogP contribution in [0.3, 0.4) is 0 Å². The van der Waals surface area contributed by atoms with E-state index in [1.165, 1.54) is 18.3 Å². The van der Waals surface area contributed by atoms with Crippen LogP contribution in [0.1, 0.15) is 10.4 Å². The molecule has 1 aromatic heterocycles. The lowest BCUT2D eigenvalue weighted by Gasteiger charge is -2.13. The molecule has 1 heterocycles. The molecule has 2 rings (SSSR count). The third-order valence-corrected chi connectivity index (χ3v) is 2.95. The summed E-state index contributed by atoms with van der Waals surface area (Å²) in [5.74, 6) is -1.20. The van der Waals surface area contributed by atoms with Gasteiger partial charge in [0.1, 0.15) is 16.6 Å². The summed E-state index contributed by atoms with van der Waals surface area (Å²) in [6.45, 7) is -3.11. The third kappa shape index (κ3) is 4.16. The first-order chi connectivity index (χ1) is 10.9. The monoisotopic (exact) mass is 344 g/mol. The Morgan fingerprint density at radius 2 is 2.17 bits per heavy atom. The molecule has 0 unspecified atom stereocenters. The van der Waals surface area contributed by atoms with Gasteiger partial charge in [-0.05, 0) is 18.2 Å². The molecule has 10 heteroatoms. The molecule has 0 spiro atoms. The van der Waals surface area contributed by atoms with Gasteiger partial charge in [-0.3, -0.25) is 0 Å². The molecular weight excluding hydrogens is 334 g/mol. The number of aromatic carboxylic acids is 1. The maximum absolute atomic E-state index is 12.5. The third-order valence-electron chi connectivity index (χ3n) is 2.67. The van der Waals surface area contributed by atoms with Gasteiger partial charge in [0.05, 0.1) is 17.4 Å². The molecule has 1 aromatic carbocycles. The van der Waals surface area contributed by atoms with Crippen LogP contribution in [-0.4, -0.2) is 34.7 Å². The number of anilines is 3. The minimum atomic E-state index is -3.11. The minimum absolute atomic E-state index is 0.0703. The summed E-state index contributed by atoms with van der Waals surface area (Å²) in [6.07, 6.45) is 1.32. The predicted molar refractivity (Wildman–Crippen MR) is 79.9 cm³/mol. The molecule has 0 fully saturated rings. The van der Waals surface area contributed by atoms with E-state index in [1.807, 2.05) is 0 Å². The Hall–Kier alpha value is -2.68. The molecule has 0 aliphatic heterocycles. The van der Waals surface area contributed by atoms with Crippen molar-refractivity contribution in [2.24, 2.45) is 0 Å². The van der Waals surface area contributed by atoms with Crippen molar-refractivity contribution in [2.75, 3.05) is 17.7 Å². The standard InChI is InChI=1S/C13H11ClF2N4O3/c1-17-10-7(14)5-18-13(20-10)19-8-3-2-6(11(21)22)4-9(8)23-12(15)16/h2-5,12H,1H3,(H,21,22)(H2,17,18,19,20). The average molecular weight is 345 g/mol. The number of alkyl halides is 2. The predicted octanol–water partition coefficient (Wildman–Crippen LogP) is 3.21. The number of carboxylic acid groups (broad SMARTS) is 1. The Kier molecular flexibility index (Phi) is 5.12. The normalized spacial score (nSPS) is 10.5. The van der Waals surface area contributed by atoms with E-state index in [0.29, 0.717) is 5.82 Å². The Balaban J connectivity index is 2.36. The van der Waals surface area contributed by atoms with Crippen LogP contribution < -0.4 is 15.4 Å². The highest BCUT2D eigenvalue weighted by Crippen LogP contribution is 2.30. The summed E-state index contributed by atoms with van der Waals surface area (Å²) in [4.78, 5) is 18.9. The van der Waals surface area contributed by atoms with Gasteiger partial charge in [0.25, 0.3) is 0 Å². The molecule has 3 N–H and O–H groups in total. The Bertz CT molecular complexity index is 730. The molecule has 0 radical (unpaired) electrons. The molecule has 2 aromatic rings. The van der Waals surface area contributed by atoms with Crippen LogP contribution >= 0.6 is 11.6 Å². The summed E-state index contributed by atoms with van der Waals surface area (Å²) in [6, 6.07) is 3.49. The highest BCUT2D eigenvalue weighted by atomic mass is 35.5. The summed E-state index contributed by atoms with van der Waals surface area (Å²) < 4.78 is 29.3. The van der Waals surface area contributed by atoms with Crippen molar-refractivity contribution in [2.45, 2.75) is 6.61 Å². The number of hydrogen-bond donors (Lipinski definition) is 3. The lowest BCUT2D eigenvalue weighted by atomic mass is 10.2. The molecule has 0 aliphatic carbocycles. The van der Waals surface area contributed by atoms with Crippen LogP contribution in [0.5, 0.6) is 5.75 Å². The Morgan fingerprint density at radius 3 is 2.78 bits per heavy atom. The average Bonchev–Trinajstić information content (AvgIpc) is 2.50. The van der Waals surface area contributed by atoms with Crippen LogP contribution in [-0.2, 0) is 0 Å². The van der Waals surface area contributed by atoms with E-state index in [-0.39, 0.29) is 28.0 Å². The number of aromatic nitrogens is 2. The topological polar surface area (TPSA) is 96.4 Å². The summed E-state index contributed by atoms with van der Waals surface area (Å²) >= 11 is 5.85. The number of nitrogens with one attached hydrogen (secondary N) is 2. The molecule has 0 amide bonds. The SMILES string of the molecule is CNc1nc(Nc2ccc(C(=O)O)cc2OC(F)F)ncc1Cl. The second kappa shape index (κ2) is 7.05. The summed E-state index contributed by atoms with van der Waals surface area (Å²) in [5, 5.41) is 14.6. The van der Waals surface area contributed by atoms with Gasteiger partial charge < -0.3 is 20.5 Å². The maximum atomic E-state index is 12.5. The van der Waals surface area contributed by atoms with Crippen LogP contribution in [0.15, 0.2) is 24.4 Å². The van der Waals surface area contributed by atoms with Crippen LogP contribution in [0.4, 0.5) is 26.2 Å². The van der Waals surface area contributed by atoms with Gasteiger partial charge in [0.15, 0.2) is 0 Å². The first kappa shape index (κ1) is 16.7. The molecule has 0 bridgehead atoms. The van der Waals surface area contributed by atoms with Gasteiger partial charge in [-0.25, -0.2) is 9.78 Å². The van der Waals surface area contributed by atoms with Crippen LogP contribution in [0, 0.1) is 0 Å². The fourth-order valence-corrected chi connectivity index (χ4v) is 1.86. The number of ether oxygens (including phenoxy) is 1. The van der Waals surface area contributed by atoms with Crippen molar-refractivity contribution in [3.05, 3.63) is 35.0 Å². The quantitative estimate of drug-likeness (QED) is 0.740. The molecule has 23 heavy (non-hydrogen) atoms. The van der Waals surface area contributed by atoms with E-state index in [9.17, 15) is 13.6 Å². The van der Waals surface area contributed by atoms with E-state index in [4.69, 9.17) is 16.7 Å². The van der Waals surface area contributed by atoms with E-state index in [2.05, 4.69) is 25.3 Å². The fourth-order valence-electron chi connectivity index (χ4n) is 1.68. The lowest BCUT2D eigenvalue weighted by Crippen LogP contribution is -2.08. The molecule has 0 saturated carbocycles. The first-order valence-electron chi connectivity index (χ1n) is 6.20. The number of carbonyl (C=O) groups is 1. The number of halogens is 3. The van der Waals surface area contributed by atoms with Crippen molar-refractivity contribution in [1.82, 2.24) is 9.97 Å². The second-order valence-corrected chi connectivity index (χ2v) is 4.57. The Labute approximate surface area is 134 Å². The zero-order valence-corrected chi connectivity index (χ0v) is 12.4. The molecule has 122 valence electrons. The summed E-state index contributed by atoms with van der Waals surface area (Å²) in [7, 11) is 1.60. The minimum Gasteiger partial charge on any atom is -0.478 e. The van der Waals surface area contributed by atoms with Gasteiger partial charge >= 0.3 is 12.6 Å². The van der Waals surface area contributed by atoms with Crippen molar-refractivity contribution in [1.29, 1.82) is 0 Å². The van der Waals surface area contributed by atoms with E-state index in [0.717, 1.165) is 6.07 Å². The maximum Gasteiger partial charge on any atom is 0.387 e. The number of benzene rings is 1. The zero-order valence-electron chi connectivity index (χ0n) is 11.7. The van der Waals surface area contributed by atoms with Crippen LogP contribution in [0.2, 0.25) is 5.02 Å². The van der Waals surface area contributed by atoms with Gasteiger partial charge in [0, 0.05) is 7.05 Å². The van der Waals surface area contributed by atoms with Gasteiger partial charge in [-0.2, -0.15) is 13.8 Å². The van der Waals surface area contributed by atoms with Crippen LogP contribution in [0.25, 0.3) is 0 Å². The van der Waals surface area contributed by atoms with Gasteiger partial charge in [0.2, 0.25) is 5.95 Å². The summed E-state index contributed by atoms with van der Waals surface area (Å²) in [5.41, 5.74) is -0.112. The number of rotatable bonds is 6. The largest absolute Gasteiger partial charge is 0.478 e. The van der Waals surface area contributed by atoms with Crippen molar-refractivity contribution in [3.8, 4) is 5.75 Å². The molecule has 7 nitrogen and oxygen atoms in total. The highest BCUT2D eigenvalue weighted by Gasteiger charge is 2.15. The second-order valence-electron chi connectivity index (χ2n) is 4.16. The molecular formula is C13H11ClF2N4O3. The zero-order chi connectivity index (χ0) is 17.0. The number of nitrogens with zero attached hydrogens (tertiary/aromatic N) is 2. The first-order valence-corrected chi connectivity index (χ1v) is 6.58. The Morgan fingerprint density at radius 1 is 1.43 bits per heavy atom. The molecule has 0 atom stereocenters. The van der Waals surface area contributed by atoms with E-state index in [1.54, 1.807) is 7.05 Å². The van der Waals surface area contributed by atoms with Crippen molar-refractivity contribution in [3.63, 3.8) is 0 Å². The van der Waals surface area contributed by atoms with E-state index < -0.39 is 12.6 Å².